The summed E-state index contributed by atoms with van der Waals surface area (Å²) in [6, 6.07) is 0. The molecule has 1 rings (SSSR count). The summed E-state index contributed by atoms with van der Waals surface area (Å²) in [5.41, 5.74) is 5.81. The van der Waals surface area contributed by atoms with Crippen molar-refractivity contribution in [1.29, 1.82) is 0 Å². The van der Waals surface area contributed by atoms with Crippen molar-refractivity contribution >= 4 is 0 Å². The van der Waals surface area contributed by atoms with E-state index in [9.17, 15) is 5.11 Å². The molecule has 2 unspecified atom stereocenters. The summed E-state index contributed by atoms with van der Waals surface area (Å²) in [4.78, 5) is 0. The van der Waals surface area contributed by atoms with Gasteiger partial charge in [-0.3, -0.25) is 0 Å². The molecule has 3 N–H and O–H groups in total. The van der Waals surface area contributed by atoms with Gasteiger partial charge in [-0.1, -0.05) is 20.3 Å². The highest BCUT2D eigenvalue weighted by atomic mass is 16.5. The maximum Gasteiger partial charge on any atom is 0.0576 e. The lowest BCUT2D eigenvalue weighted by molar-refractivity contribution is 0.0758. The molecule has 0 aromatic rings. The maximum absolute atomic E-state index is 9.61. The van der Waals surface area contributed by atoms with Crippen molar-refractivity contribution in [1.82, 2.24) is 0 Å². The van der Waals surface area contributed by atoms with Gasteiger partial charge >= 0.3 is 0 Å². The molecule has 1 aliphatic heterocycles. The molecular weight excluding hydrogens is 214 g/mol. The first-order chi connectivity index (χ1) is 8.12. The standard InChI is InChI=1S/C14H29NO2/c1-12(2)9-14(10-15,11-16)7-3-5-13-6-4-8-17-13/h12-13,16H,3-11,15H2,1-2H3. The van der Waals surface area contributed by atoms with E-state index >= 15 is 0 Å². The van der Waals surface area contributed by atoms with Gasteiger partial charge in [-0.05, 0) is 38.0 Å². The third-order valence-electron chi connectivity index (χ3n) is 3.87. The molecule has 0 amide bonds. The molecule has 1 saturated heterocycles. The lowest BCUT2D eigenvalue weighted by Gasteiger charge is -2.32. The topological polar surface area (TPSA) is 55.5 Å². The first kappa shape index (κ1) is 14.9. The number of nitrogens with two attached hydrogens (primary N) is 1. The fourth-order valence-corrected chi connectivity index (χ4v) is 2.94. The van der Waals surface area contributed by atoms with Crippen molar-refractivity contribution in [3.05, 3.63) is 0 Å². The van der Waals surface area contributed by atoms with Crippen molar-refractivity contribution in [2.24, 2.45) is 17.1 Å². The predicted octanol–water partition coefficient (Wildman–Crippen LogP) is 2.32. The van der Waals surface area contributed by atoms with Gasteiger partial charge in [0.15, 0.2) is 0 Å². The Bertz CT molecular complexity index is 196. The number of hydrogen-bond acceptors (Lipinski definition) is 3. The van der Waals surface area contributed by atoms with Crippen LogP contribution in [0.3, 0.4) is 0 Å². The first-order valence-corrected chi connectivity index (χ1v) is 7.04. The molecule has 3 nitrogen and oxygen atoms in total. The Morgan fingerprint density at radius 3 is 2.71 bits per heavy atom. The normalized spacial score (nSPS) is 24.2. The van der Waals surface area contributed by atoms with E-state index in [1.807, 2.05) is 0 Å². The Balaban J connectivity index is 2.32. The van der Waals surface area contributed by atoms with E-state index in [2.05, 4.69) is 13.8 Å². The van der Waals surface area contributed by atoms with Crippen molar-refractivity contribution in [2.45, 2.75) is 58.5 Å². The average Bonchev–Trinajstić information content (AvgIpc) is 2.80. The maximum atomic E-state index is 9.61. The molecule has 3 heteroatoms. The fraction of sp³-hybridized carbons (Fsp3) is 1.00. The molecule has 0 radical (unpaired) electrons. The molecule has 0 aliphatic carbocycles. The van der Waals surface area contributed by atoms with Crippen molar-refractivity contribution in [3.8, 4) is 0 Å². The SMILES string of the molecule is CC(C)CC(CN)(CO)CCCC1CCCO1. The Hall–Kier alpha value is -0.120. The zero-order valence-electron chi connectivity index (χ0n) is 11.5. The molecule has 17 heavy (non-hydrogen) atoms. The summed E-state index contributed by atoms with van der Waals surface area (Å²) >= 11 is 0. The van der Waals surface area contributed by atoms with E-state index in [-0.39, 0.29) is 12.0 Å². The summed E-state index contributed by atoms with van der Waals surface area (Å²) in [6.07, 6.45) is 7.17. The summed E-state index contributed by atoms with van der Waals surface area (Å²) < 4.78 is 5.62. The van der Waals surface area contributed by atoms with Crippen LogP contribution in [-0.2, 0) is 4.74 Å². The molecular formula is C14H29NO2. The zero-order valence-corrected chi connectivity index (χ0v) is 11.5. The van der Waals surface area contributed by atoms with Gasteiger partial charge in [-0.15, -0.1) is 0 Å². The molecule has 2 atom stereocenters. The quantitative estimate of drug-likeness (QED) is 0.688. The highest BCUT2D eigenvalue weighted by Crippen LogP contribution is 2.32. The Labute approximate surface area is 106 Å². The number of aliphatic hydroxyl groups is 1. The van der Waals surface area contributed by atoms with Gasteiger partial charge < -0.3 is 15.6 Å². The van der Waals surface area contributed by atoms with Gasteiger partial charge in [0.1, 0.15) is 0 Å². The molecule has 102 valence electrons. The van der Waals surface area contributed by atoms with E-state index in [0.29, 0.717) is 18.6 Å². The van der Waals surface area contributed by atoms with E-state index in [1.165, 1.54) is 12.8 Å². The second kappa shape index (κ2) is 7.34. The molecule has 0 bridgehead atoms. The van der Waals surface area contributed by atoms with Crippen LogP contribution in [0.15, 0.2) is 0 Å². The smallest absolute Gasteiger partial charge is 0.0576 e. The average molecular weight is 243 g/mol. The van der Waals surface area contributed by atoms with Gasteiger partial charge in [0, 0.05) is 25.2 Å². The molecule has 0 saturated carbocycles. The zero-order chi connectivity index (χ0) is 12.7. The van der Waals surface area contributed by atoms with Crippen molar-refractivity contribution in [3.63, 3.8) is 0 Å². The minimum Gasteiger partial charge on any atom is -0.396 e. The lowest BCUT2D eigenvalue weighted by Crippen LogP contribution is -2.35. The van der Waals surface area contributed by atoms with E-state index in [4.69, 9.17) is 10.5 Å². The second-order valence-corrected chi connectivity index (χ2v) is 5.99. The van der Waals surface area contributed by atoms with Crippen molar-refractivity contribution < 1.29 is 9.84 Å². The van der Waals surface area contributed by atoms with Crippen molar-refractivity contribution in [2.75, 3.05) is 19.8 Å². The van der Waals surface area contributed by atoms with E-state index < -0.39 is 0 Å². The summed E-state index contributed by atoms with van der Waals surface area (Å²) in [5.74, 6) is 0.591. The van der Waals surface area contributed by atoms with Gasteiger partial charge in [-0.2, -0.15) is 0 Å². The van der Waals surface area contributed by atoms with E-state index in [1.54, 1.807) is 0 Å². The number of rotatable bonds is 8. The highest BCUT2D eigenvalue weighted by Gasteiger charge is 2.29. The van der Waals surface area contributed by atoms with Crippen LogP contribution in [0.1, 0.15) is 52.4 Å². The van der Waals surface area contributed by atoms with Crippen LogP contribution in [0.5, 0.6) is 0 Å². The minimum absolute atomic E-state index is 0.0627. The van der Waals surface area contributed by atoms with Crippen LogP contribution in [0.25, 0.3) is 0 Å². The van der Waals surface area contributed by atoms with Gasteiger partial charge in [0.05, 0.1) is 6.10 Å². The molecule has 0 spiro atoms. The van der Waals surface area contributed by atoms with Gasteiger partial charge in [-0.25, -0.2) is 0 Å². The molecule has 1 aliphatic rings. The van der Waals surface area contributed by atoms with Crippen LogP contribution in [0.4, 0.5) is 0 Å². The van der Waals surface area contributed by atoms with Crippen LogP contribution in [0.2, 0.25) is 0 Å². The monoisotopic (exact) mass is 243 g/mol. The van der Waals surface area contributed by atoms with Gasteiger partial charge in [0.25, 0.3) is 0 Å². The van der Waals surface area contributed by atoms with E-state index in [0.717, 1.165) is 32.3 Å². The van der Waals surface area contributed by atoms with Crippen LogP contribution in [-0.4, -0.2) is 31.0 Å². The molecule has 1 heterocycles. The number of ether oxygens (including phenoxy) is 1. The van der Waals surface area contributed by atoms with Gasteiger partial charge in [0.2, 0.25) is 0 Å². The lowest BCUT2D eigenvalue weighted by atomic mass is 9.76. The number of hydrogen-bond donors (Lipinski definition) is 2. The summed E-state index contributed by atoms with van der Waals surface area (Å²) in [5, 5.41) is 9.61. The summed E-state index contributed by atoms with van der Waals surface area (Å²) in [6.45, 7) is 6.12. The Kier molecular flexibility index (Phi) is 6.45. The third-order valence-corrected chi connectivity index (χ3v) is 3.87. The minimum atomic E-state index is -0.0627. The largest absolute Gasteiger partial charge is 0.396 e. The molecule has 0 aromatic heterocycles. The highest BCUT2D eigenvalue weighted by molar-refractivity contribution is 4.81. The first-order valence-electron chi connectivity index (χ1n) is 7.04. The molecule has 1 fully saturated rings. The summed E-state index contributed by atoms with van der Waals surface area (Å²) in [7, 11) is 0. The Morgan fingerprint density at radius 1 is 1.47 bits per heavy atom. The fourth-order valence-electron chi connectivity index (χ4n) is 2.94. The van der Waals surface area contributed by atoms with Crippen LogP contribution >= 0.6 is 0 Å². The third kappa shape index (κ3) is 4.94. The Morgan fingerprint density at radius 2 is 2.24 bits per heavy atom. The molecule has 0 aromatic carbocycles. The predicted molar refractivity (Wildman–Crippen MR) is 70.9 cm³/mol. The van der Waals surface area contributed by atoms with Crippen LogP contribution < -0.4 is 5.73 Å². The van der Waals surface area contributed by atoms with Crippen LogP contribution in [0, 0.1) is 11.3 Å². The number of aliphatic hydroxyl groups excluding tert-OH is 1. The second-order valence-electron chi connectivity index (χ2n) is 5.99.